The minimum absolute atomic E-state index is 0.0269. The molecule has 6 nitrogen and oxygen atoms in total. The Hall–Kier alpha value is -1.43. The molecule has 0 aromatic carbocycles. The molecule has 0 aromatic heterocycles. The molecule has 206 valence electrons. The number of nitrogens with zero attached hydrogens (tertiary/aromatic N) is 1. The predicted octanol–water partition coefficient (Wildman–Crippen LogP) is 5.38. The molecule has 2 heterocycles. The first-order valence-electron chi connectivity index (χ1n) is 15.1. The molecule has 2 saturated heterocycles. The van der Waals surface area contributed by atoms with Crippen LogP contribution in [0.1, 0.15) is 99.3 Å². The topological polar surface area (TPSA) is 72.9 Å². The quantitative estimate of drug-likeness (QED) is 0.441. The first-order chi connectivity index (χ1) is 17.4. The van der Waals surface area contributed by atoms with Gasteiger partial charge in [-0.15, -0.1) is 0 Å². The number of fused-ring (bicyclic) bond motifs is 7. The Morgan fingerprint density at radius 3 is 2.41 bits per heavy atom. The molecule has 6 rings (SSSR count). The number of rotatable bonds is 1. The number of hydrogen-bond acceptors (Lipinski definition) is 5. The Kier molecular flexibility index (Phi) is 5.96. The number of amides is 1. The molecule has 0 bridgehead atoms. The largest absolute Gasteiger partial charge is 0.463 e. The molecule has 6 heteroatoms. The zero-order valence-corrected chi connectivity index (χ0v) is 23.8. The number of ether oxygens (including phenoxy) is 2. The lowest BCUT2D eigenvalue weighted by atomic mass is 9.44. The third-order valence-electron chi connectivity index (χ3n) is 12.7. The van der Waals surface area contributed by atoms with Crippen molar-refractivity contribution in [2.24, 2.45) is 52.3 Å². The smallest absolute Gasteiger partial charge is 0.302 e. The Morgan fingerprint density at radius 1 is 0.973 bits per heavy atom. The second-order valence-corrected chi connectivity index (χ2v) is 14.5. The van der Waals surface area contributed by atoms with E-state index in [1.54, 1.807) is 11.8 Å². The Morgan fingerprint density at radius 2 is 1.70 bits per heavy atom. The van der Waals surface area contributed by atoms with E-state index >= 15 is 0 Å². The summed E-state index contributed by atoms with van der Waals surface area (Å²) in [6.45, 7) is 13.1. The van der Waals surface area contributed by atoms with Gasteiger partial charge in [0.1, 0.15) is 6.10 Å². The SMILES string of the molecule is CC(=O)O[C@H]1CC[C@@]2(C)[C@@H](CC[C@H]3[C@H]4C[C@@H]5O[C@@]6(C(=O)C[C@H](C)CN6C(C)=O)[C@@H](C)[C@@H]5[C@@]4(C)CC[C@@H]32)C1. The molecule has 0 aromatic rings. The van der Waals surface area contributed by atoms with Crippen LogP contribution >= 0.6 is 0 Å². The van der Waals surface area contributed by atoms with Crippen molar-refractivity contribution in [3.8, 4) is 0 Å². The fourth-order valence-corrected chi connectivity index (χ4v) is 11.3. The molecular formula is C31H47NO5. The molecule has 2 aliphatic heterocycles. The van der Waals surface area contributed by atoms with Crippen LogP contribution in [0.5, 0.6) is 0 Å². The van der Waals surface area contributed by atoms with Gasteiger partial charge in [0.25, 0.3) is 0 Å². The number of piperidine rings is 1. The van der Waals surface area contributed by atoms with Crippen LogP contribution in [-0.2, 0) is 23.9 Å². The summed E-state index contributed by atoms with van der Waals surface area (Å²) in [7, 11) is 0. The Balaban J connectivity index is 1.25. The van der Waals surface area contributed by atoms with Gasteiger partial charge in [0.05, 0.1) is 6.10 Å². The van der Waals surface area contributed by atoms with Gasteiger partial charge in [-0.2, -0.15) is 0 Å². The minimum atomic E-state index is -1.06. The van der Waals surface area contributed by atoms with Crippen LogP contribution in [-0.4, -0.2) is 47.0 Å². The van der Waals surface area contributed by atoms with Gasteiger partial charge in [-0.3, -0.25) is 14.4 Å². The summed E-state index contributed by atoms with van der Waals surface area (Å²) in [5.41, 5.74) is -0.580. The fourth-order valence-electron chi connectivity index (χ4n) is 11.3. The molecule has 1 amide bonds. The van der Waals surface area contributed by atoms with Crippen molar-refractivity contribution in [2.45, 2.75) is 117 Å². The van der Waals surface area contributed by atoms with Gasteiger partial charge in [0, 0.05) is 32.7 Å². The van der Waals surface area contributed by atoms with E-state index < -0.39 is 5.72 Å². The van der Waals surface area contributed by atoms with E-state index in [1.165, 1.54) is 32.6 Å². The van der Waals surface area contributed by atoms with E-state index in [1.807, 2.05) is 0 Å². The predicted molar refractivity (Wildman–Crippen MR) is 139 cm³/mol. The molecule has 4 aliphatic carbocycles. The average Bonchev–Trinajstić information content (AvgIpc) is 3.27. The maximum Gasteiger partial charge on any atom is 0.302 e. The summed E-state index contributed by atoms with van der Waals surface area (Å²) in [4.78, 5) is 39.8. The maximum absolute atomic E-state index is 13.6. The van der Waals surface area contributed by atoms with E-state index in [4.69, 9.17) is 9.47 Å². The number of carbonyl (C=O) groups is 3. The van der Waals surface area contributed by atoms with Crippen molar-refractivity contribution in [1.29, 1.82) is 0 Å². The molecule has 1 spiro atoms. The molecule has 0 radical (unpaired) electrons. The van der Waals surface area contributed by atoms with Crippen molar-refractivity contribution in [1.82, 2.24) is 4.90 Å². The van der Waals surface area contributed by atoms with Crippen LogP contribution in [0, 0.1) is 52.3 Å². The van der Waals surface area contributed by atoms with E-state index in [0.717, 1.165) is 31.6 Å². The number of esters is 1. The van der Waals surface area contributed by atoms with Gasteiger partial charge >= 0.3 is 5.97 Å². The van der Waals surface area contributed by atoms with Gasteiger partial charge in [0.2, 0.25) is 11.6 Å². The molecule has 0 N–H and O–H groups in total. The fraction of sp³-hybridized carbons (Fsp3) is 0.903. The normalized spacial score (nSPS) is 52.8. The van der Waals surface area contributed by atoms with Gasteiger partial charge < -0.3 is 14.4 Å². The minimum Gasteiger partial charge on any atom is -0.463 e. The van der Waals surface area contributed by atoms with Crippen LogP contribution < -0.4 is 0 Å². The van der Waals surface area contributed by atoms with Gasteiger partial charge in [-0.25, -0.2) is 0 Å². The third-order valence-corrected chi connectivity index (χ3v) is 12.7. The van der Waals surface area contributed by atoms with Crippen LogP contribution in [0.25, 0.3) is 0 Å². The van der Waals surface area contributed by atoms with E-state index in [9.17, 15) is 14.4 Å². The van der Waals surface area contributed by atoms with E-state index in [0.29, 0.717) is 42.1 Å². The van der Waals surface area contributed by atoms with Gasteiger partial charge in [-0.1, -0.05) is 27.7 Å². The number of ketones is 1. The van der Waals surface area contributed by atoms with Crippen molar-refractivity contribution in [2.75, 3.05) is 6.54 Å². The van der Waals surface area contributed by atoms with Crippen molar-refractivity contribution in [3.05, 3.63) is 0 Å². The van der Waals surface area contributed by atoms with E-state index in [-0.39, 0.29) is 47.1 Å². The number of carbonyl (C=O) groups excluding carboxylic acids is 3. The van der Waals surface area contributed by atoms with Gasteiger partial charge in [0.15, 0.2) is 5.78 Å². The highest BCUT2D eigenvalue weighted by molar-refractivity contribution is 5.93. The number of hydrogen-bond donors (Lipinski definition) is 0. The second-order valence-electron chi connectivity index (χ2n) is 14.5. The monoisotopic (exact) mass is 513 g/mol. The first kappa shape index (κ1) is 25.8. The summed E-state index contributed by atoms with van der Waals surface area (Å²) < 4.78 is 12.5. The van der Waals surface area contributed by atoms with Gasteiger partial charge in [-0.05, 0) is 97.7 Å². The Bertz CT molecular complexity index is 996. The van der Waals surface area contributed by atoms with Crippen LogP contribution in [0.2, 0.25) is 0 Å². The van der Waals surface area contributed by atoms with Crippen LogP contribution in [0.15, 0.2) is 0 Å². The number of likely N-dealkylation sites (tertiary alicyclic amines) is 1. The lowest BCUT2D eigenvalue weighted by Gasteiger charge is -2.61. The summed E-state index contributed by atoms with van der Waals surface area (Å²) >= 11 is 0. The second kappa shape index (κ2) is 8.53. The molecule has 6 aliphatic rings. The molecule has 12 atom stereocenters. The lowest BCUT2D eigenvalue weighted by Crippen LogP contribution is -2.65. The number of Topliss-reactive ketones (excluding diaryl/α,β-unsaturated/α-hetero) is 1. The molecule has 6 fully saturated rings. The third kappa shape index (κ3) is 3.49. The average molecular weight is 514 g/mol. The Labute approximate surface area is 222 Å². The maximum atomic E-state index is 13.6. The first-order valence-corrected chi connectivity index (χ1v) is 15.1. The molecule has 0 unspecified atom stereocenters. The van der Waals surface area contributed by atoms with Crippen molar-refractivity contribution < 1.29 is 23.9 Å². The summed E-state index contributed by atoms with van der Waals surface area (Å²) in [5, 5.41) is 0. The zero-order valence-electron chi connectivity index (χ0n) is 23.8. The lowest BCUT2D eigenvalue weighted by molar-refractivity contribution is -0.201. The molecule has 4 saturated carbocycles. The van der Waals surface area contributed by atoms with Crippen LogP contribution in [0.3, 0.4) is 0 Å². The van der Waals surface area contributed by atoms with Crippen LogP contribution in [0.4, 0.5) is 0 Å². The van der Waals surface area contributed by atoms with E-state index in [2.05, 4.69) is 27.7 Å². The van der Waals surface area contributed by atoms with Crippen molar-refractivity contribution in [3.63, 3.8) is 0 Å². The summed E-state index contributed by atoms with van der Waals surface area (Å²) in [5.74, 6) is 3.16. The highest BCUT2D eigenvalue weighted by Crippen LogP contribution is 2.71. The summed E-state index contributed by atoms with van der Waals surface area (Å²) in [6, 6.07) is 0. The zero-order chi connectivity index (χ0) is 26.5. The molecular weight excluding hydrogens is 466 g/mol. The highest BCUT2D eigenvalue weighted by atomic mass is 16.5. The summed E-state index contributed by atoms with van der Waals surface area (Å²) in [6.07, 6.45) is 9.78. The standard InChI is InChI=1S/C31H47NO5/c1-17-13-27(35)31(32(16-17)19(3)33)18(2)28-26(37-31)15-25-23-8-7-21-14-22(36-20(4)34)9-11-29(21,5)24(23)10-12-30(25,28)6/h17-18,21-26,28H,7-16H2,1-6H3/t17-,18-,21-,22-,23+,24-,25+,26-,28-,29-,30-,31+/m0/s1. The molecule has 37 heavy (non-hydrogen) atoms. The highest BCUT2D eigenvalue weighted by Gasteiger charge is 2.72. The van der Waals surface area contributed by atoms with Crippen molar-refractivity contribution >= 4 is 17.7 Å².